The van der Waals surface area contributed by atoms with Gasteiger partial charge in [0.1, 0.15) is 17.4 Å². The van der Waals surface area contributed by atoms with Gasteiger partial charge in [0.2, 0.25) is 5.78 Å². The van der Waals surface area contributed by atoms with Gasteiger partial charge >= 0.3 is 0 Å². The number of halogens is 1. The molecule has 3 aromatic rings. The average Bonchev–Trinajstić information content (AvgIpc) is 2.95. The van der Waals surface area contributed by atoms with Gasteiger partial charge < -0.3 is 5.11 Å². The monoisotopic (exact) mass is 325 g/mol. The molecule has 0 fully saturated rings. The summed E-state index contributed by atoms with van der Waals surface area (Å²) in [7, 11) is 0. The summed E-state index contributed by atoms with van der Waals surface area (Å²) < 4.78 is 1.72. The molecule has 5 nitrogen and oxygen atoms in total. The molecular weight excluding hydrogens is 314 g/mol. The number of phenolic OH excluding ortho intramolecular Hbond substituents is 1. The zero-order valence-electron chi connectivity index (χ0n) is 12.2. The van der Waals surface area contributed by atoms with Crippen LogP contribution in [0.5, 0.6) is 5.75 Å². The summed E-state index contributed by atoms with van der Waals surface area (Å²) in [5, 5.41) is 18.7. The fraction of sp³-hybridized carbons (Fsp3) is 0.118. The molecule has 0 aliphatic carbocycles. The Hall–Kier alpha value is -2.84. The summed E-state index contributed by atoms with van der Waals surface area (Å²) in [6.45, 7) is 1.92. The molecule has 0 aliphatic rings. The number of ketones is 1. The quantitative estimate of drug-likeness (QED) is 0.749. The molecular formula is C17H12ClN3O2. The highest BCUT2D eigenvalue weighted by atomic mass is 35.5. The van der Waals surface area contributed by atoms with E-state index in [-0.39, 0.29) is 27.7 Å². The lowest BCUT2D eigenvalue weighted by Gasteiger charge is -2.06. The van der Waals surface area contributed by atoms with Gasteiger partial charge in [-0.3, -0.25) is 9.20 Å². The molecule has 0 amide bonds. The van der Waals surface area contributed by atoms with Crippen molar-refractivity contribution in [2.24, 2.45) is 0 Å². The maximum absolute atomic E-state index is 12.9. The molecule has 23 heavy (non-hydrogen) atoms. The molecule has 6 heteroatoms. The van der Waals surface area contributed by atoms with Crippen LogP contribution in [0, 0.1) is 11.3 Å². The van der Waals surface area contributed by atoms with Crippen molar-refractivity contribution < 1.29 is 9.90 Å². The summed E-state index contributed by atoms with van der Waals surface area (Å²) in [5.41, 5.74) is 1.99. The molecule has 0 atom stereocenters. The number of nitriles is 1. The van der Waals surface area contributed by atoms with Gasteiger partial charge in [-0.1, -0.05) is 24.6 Å². The van der Waals surface area contributed by atoms with E-state index in [2.05, 4.69) is 4.98 Å². The number of nitrogens with zero attached hydrogens (tertiary/aromatic N) is 3. The molecule has 0 spiro atoms. The van der Waals surface area contributed by atoms with Crippen LogP contribution in [-0.2, 0) is 6.42 Å². The second-order valence-corrected chi connectivity index (χ2v) is 5.39. The summed E-state index contributed by atoms with van der Waals surface area (Å²) in [4.78, 5) is 17.4. The summed E-state index contributed by atoms with van der Waals surface area (Å²) >= 11 is 5.92. The molecule has 2 heterocycles. The molecule has 1 N–H and O–H groups in total. The first-order valence-electron chi connectivity index (χ1n) is 7.00. The number of aryl methyl sites for hydroxylation is 1. The fourth-order valence-corrected chi connectivity index (χ4v) is 2.70. The third kappa shape index (κ3) is 2.43. The van der Waals surface area contributed by atoms with Gasteiger partial charge in [0.15, 0.2) is 5.75 Å². The van der Waals surface area contributed by atoms with Crippen molar-refractivity contribution in [2.75, 3.05) is 0 Å². The van der Waals surface area contributed by atoms with Crippen molar-refractivity contribution in [1.82, 2.24) is 9.38 Å². The standard InChI is InChI=1S/C17H12ClN3O2/c1-2-13-15(21-6-4-3-5-14(21)20-13)17(23)10-7-11(9-19)16(22)12(18)8-10/h3-8,22H,2H2,1H3. The molecule has 0 bridgehead atoms. The Balaban J connectivity index is 2.22. The Morgan fingerprint density at radius 2 is 2.22 bits per heavy atom. The first kappa shape index (κ1) is 15.1. The molecule has 1 aromatic carbocycles. The van der Waals surface area contributed by atoms with Gasteiger partial charge in [-0.2, -0.15) is 5.26 Å². The number of fused-ring (bicyclic) bond motifs is 1. The van der Waals surface area contributed by atoms with Crippen molar-refractivity contribution in [3.8, 4) is 11.8 Å². The van der Waals surface area contributed by atoms with Crippen LogP contribution in [0.2, 0.25) is 5.02 Å². The minimum absolute atomic E-state index is 0.0285. The second kappa shape index (κ2) is 5.75. The van der Waals surface area contributed by atoms with E-state index in [4.69, 9.17) is 16.9 Å². The molecule has 2 aromatic heterocycles. The Labute approximate surface area is 137 Å². The lowest BCUT2D eigenvalue weighted by molar-refractivity contribution is 0.103. The topological polar surface area (TPSA) is 78.4 Å². The van der Waals surface area contributed by atoms with Crippen LogP contribution >= 0.6 is 11.6 Å². The van der Waals surface area contributed by atoms with Gasteiger partial charge in [0.25, 0.3) is 0 Å². The van der Waals surface area contributed by atoms with Crippen molar-refractivity contribution in [2.45, 2.75) is 13.3 Å². The van der Waals surface area contributed by atoms with Gasteiger partial charge in [-0.25, -0.2) is 4.98 Å². The molecule has 0 saturated heterocycles. The summed E-state index contributed by atoms with van der Waals surface area (Å²) in [5.74, 6) is -0.612. The first-order valence-corrected chi connectivity index (χ1v) is 7.37. The molecule has 3 rings (SSSR count). The molecule has 0 unspecified atom stereocenters. The van der Waals surface area contributed by atoms with Crippen molar-refractivity contribution >= 4 is 23.0 Å². The normalized spacial score (nSPS) is 10.7. The largest absolute Gasteiger partial charge is 0.505 e. The number of phenols is 1. The van der Waals surface area contributed by atoms with Crippen LogP contribution in [0.1, 0.15) is 34.2 Å². The van der Waals surface area contributed by atoms with E-state index in [0.717, 1.165) is 0 Å². The average molecular weight is 326 g/mol. The zero-order chi connectivity index (χ0) is 16.6. The van der Waals surface area contributed by atoms with Gasteiger partial charge in [0.05, 0.1) is 16.3 Å². The van der Waals surface area contributed by atoms with E-state index in [9.17, 15) is 9.90 Å². The number of aromatic hydroxyl groups is 1. The van der Waals surface area contributed by atoms with Crippen LogP contribution in [0.25, 0.3) is 5.65 Å². The number of pyridine rings is 1. The number of carbonyl (C=O) groups is 1. The second-order valence-electron chi connectivity index (χ2n) is 4.98. The van der Waals surface area contributed by atoms with E-state index in [1.54, 1.807) is 10.6 Å². The predicted molar refractivity (Wildman–Crippen MR) is 85.8 cm³/mol. The number of aromatic nitrogens is 2. The smallest absolute Gasteiger partial charge is 0.211 e. The van der Waals surface area contributed by atoms with Gasteiger partial charge in [0, 0.05) is 11.8 Å². The number of benzene rings is 1. The minimum Gasteiger partial charge on any atom is -0.505 e. The molecule has 0 aliphatic heterocycles. The number of imidazole rings is 1. The first-order chi connectivity index (χ1) is 11.1. The number of carbonyl (C=O) groups excluding carboxylic acids is 1. The van der Waals surface area contributed by atoms with E-state index in [1.807, 2.05) is 31.2 Å². The minimum atomic E-state index is -0.320. The Morgan fingerprint density at radius 1 is 1.43 bits per heavy atom. The maximum Gasteiger partial charge on any atom is 0.211 e. The lowest BCUT2D eigenvalue weighted by Crippen LogP contribution is -2.08. The number of hydrogen-bond donors (Lipinski definition) is 1. The van der Waals surface area contributed by atoms with E-state index < -0.39 is 0 Å². The Kier molecular flexibility index (Phi) is 3.77. The van der Waals surface area contributed by atoms with Crippen LogP contribution in [-0.4, -0.2) is 20.3 Å². The summed E-state index contributed by atoms with van der Waals surface area (Å²) in [6, 6.07) is 10.0. The van der Waals surface area contributed by atoms with Crippen LogP contribution in [0.4, 0.5) is 0 Å². The highest BCUT2D eigenvalue weighted by Gasteiger charge is 2.21. The van der Waals surface area contributed by atoms with Gasteiger partial charge in [-0.15, -0.1) is 0 Å². The fourth-order valence-electron chi connectivity index (χ4n) is 2.48. The Bertz CT molecular complexity index is 970. The number of hydrogen-bond acceptors (Lipinski definition) is 4. The lowest BCUT2D eigenvalue weighted by atomic mass is 10.0. The molecule has 114 valence electrons. The Morgan fingerprint density at radius 3 is 2.91 bits per heavy atom. The molecule has 0 saturated carbocycles. The third-order valence-corrected chi connectivity index (χ3v) is 3.89. The third-order valence-electron chi connectivity index (χ3n) is 3.60. The maximum atomic E-state index is 12.9. The van der Waals surface area contributed by atoms with Crippen molar-refractivity contribution in [3.05, 3.63) is 64.1 Å². The SMILES string of the molecule is CCc1nc2ccccn2c1C(=O)c1cc(Cl)c(O)c(C#N)c1. The van der Waals surface area contributed by atoms with Crippen LogP contribution in [0.15, 0.2) is 36.5 Å². The predicted octanol–water partition coefficient (Wildman–Crippen LogP) is 3.36. The van der Waals surface area contributed by atoms with Crippen molar-refractivity contribution in [3.63, 3.8) is 0 Å². The van der Waals surface area contributed by atoms with E-state index in [0.29, 0.717) is 23.5 Å². The zero-order valence-corrected chi connectivity index (χ0v) is 13.0. The van der Waals surface area contributed by atoms with E-state index >= 15 is 0 Å². The van der Waals surface area contributed by atoms with E-state index in [1.165, 1.54) is 12.1 Å². The van der Waals surface area contributed by atoms with Crippen LogP contribution < -0.4 is 0 Å². The summed E-state index contributed by atoms with van der Waals surface area (Å²) in [6.07, 6.45) is 2.36. The van der Waals surface area contributed by atoms with Gasteiger partial charge in [-0.05, 0) is 30.7 Å². The van der Waals surface area contributed by atoms with Crippen molar-refractivity contribution in [1.29, 1.82) is 5.26 Å². The highest BCUT2D eigenvalue weighted by molar-refractivity contribution is 6.32. The number of rotatable bonds is 3. The van der Waals surface area contributed by atoms with Crippen LogP contribution in [0.3, 0.4) is 0 Å². The highest BCUT2D eigenvalue weighted by Crippen LogP contribution is 2.30. The molecule has 0 radical (unpaired) electrons.